The van der Waals surface area contributed by atoms with E-state index in [1.807, 2.05) is 31.1 Å². The summed E-state index contributed by atoms with van der Waals surface area (Å²) in [4.78, 5) is 26.7. The SMILES string of the molecule is CN(C)C(CNC(=O)C(=O)Nc1ccc2c(c1)OCCO2)c1ccc2c(c1)CCO2. The fourth-order valence-corrected chi connectivity index (χ4v) is 3.59. The molecule has 2 N–H and O–H groups in total. The smallest absolute Gasteiger partial charge is 0.313 e. The number of amides is 2. The second kappa shape index (κ2) is 8.62. The van der Waals surface area contributed by atoms with Crippen LogP contribution in [-0.2, 0) is 16.0 Å². The van der Waals surface area contributed by atoms with Gasteiger partial charge in [-0.1, -0.05) is 12.1 Å². The third kappa shape index (κ3) is 4.33. The predicted octanol–water partition coefficient (Wildman–Crippen LogP) is 1.75. The average Bonchev–Trinajstić information content (AvgIpc) is 3.21. The molecule has 8 nitrogen and oxygen atoms in total. The van der Waals surface area contributed by atoms with Crippen LogP contribution >= 0.6 is 0 Å². The Morgan fingerprint density at radius 3 is 2.47 bits per heavy atom. The third-order valence-electron chi connectivity index (χ3n) is 5.18. The molecule has 2 aliphatic heterocycles. The van der Waals surface area contributed by atoms with Gasteiger partial charge in [0.05, 0.1) is 12.6 Å². The number of nitrogens with one attached hydrogen (secondary N) is 2. The molecule has 2 aliphatic rings. The second-order valence-corrected chi connectivity index (χ2v) is 7.47. The number of carbonyl (C=O) groups is 2. The number of hydrogen-bond acceptors (Lipinski definition) is 6. The normalized spacial score (nSPS) is 15.2. The minimum Gasteiger partial charge on any atom is -0.493 e. The largest absolute Gasteiger partial charge is 0.493 e. The summed E-state index contributed by atoms with van der Waals surface area (Å²) in [6.07, 6.45) is 0.883. The minimum absolute atomic E-state index is 0.0676. The maximum Gasteiger partial charge on any atom is 0.313 e. The van der Waals surface area contributed by atoms with Crippen molar-refractivity contribution in [2.45, 2.75) is 12.5 Å². The van der Waals surface area contributed by atoms with E-state index in [2.05, 4.69) is 16.7 Å². The number of benzene rings is 2. The topological polar surface area (TPSA) is 89.1 Å². The highest BCUT2D eigenvalue weighted by molar-refractivity contribution is 6.39. The molecule has 2 aromatic rings. The molecule has 2 heterocycles. The summed E-state index contributed by atoms with van der Waals surface area (Å²) in [6, 6.07) is 11.0. The molecule has 0 aromatic heterocycles. The number of fused-ring (bicyclic) bond motifs is 2. The molecule has 0 saturated heterocycles. The Hall–Kier alpha value is -3.26. The van der Waals surface area contributed by atoms with Gasteiger partial charge in [0.2, 0.25) is 0 Å². The molecule has 2 amide bonds. The van der Waals surface area contributed by atoms with Crippen LogP contribution in [0.3, 0.4) is 0 Å². The Labute approximate surface area is 175 Å². The summed E-state index contributed by atoms with van der Waals surface area (Å²) >= 11 is 0. The zero-order valence-corrected chi connectivity index (χ0v) is 17.1. The summed E-state index contributed by atoms with van der Waals surface area (Å²) in [6.45, 7) is 1.94. The molecule has 0 saturated carbocycles. The lowest BCUT2D eigenvalue weighted by atomic mass is 10.0. The lowest BCUT2D eigenvalue weighted by Gasteiger charge is -2.25. The molecule has 4 rings (SSSR count). The maximum absolute atomic E-state index is 12.4. The molecule has 158 valence electrons. The van der Waals surface area contributed by atoms with Crippen molar-refractivity contribution in [1.29, 1.82) is 0 Å². The Kier molecular flexibility index (Phi) is 5.76. The van der Waals surface area contributed by atoms with Gasteiger partial charge in [-0.05, 0) is 43.4 Å². The molecule has 0 aliphatic carbocycles. The molecule has 0 bridgehead atoms. The van der Waals surface area contributed by atoms with Crippen LogP contribution in [0.4, 0.5) is 5.69 Å². The summed E-state index contributed by atoms with van der Waals surface area (Å²) in [7, 11) is 3.88. The summed E-state index contributed by atoms with van der Waals surface area (Å²) in [5, 5.41) is 5.33. The van der Waals surface area contributed by atoms with E-state index in [9.17, 15) is 9.59 Å². The molecule has 0 radical (unpaired) electrons. The number of rotatable bonds is 5. The number of ether oxygens (including phenoxy) is 3. The maximum atomic E-state index is 12.4. The van der Waals surface area contributed by atoms with Crippen molar-refractivity contribution in [2.75, 3.05) is 45.8 Å². The predicted molar refractivity (Wildman–Crippen MR) is 111 cm³/mol. The van der Waals surface area contributed by atoms with Gasteiger partial charge < -0.3 is 29.7 Å². The van der Waals surface area contributed by atoms with E-state index in [0.29, 0.717) is 43.6 Å². The van der Waals surface area contributed by atoms with Gasteiger partial charge in [-0.25, -0.2) is 0 Å². The van der Waals surface area contributed by atoms with Crippen LogP contribution in [0.5, 0.6) is 17.2 Å². The lowest BCUT2D eigenvalue weighted by Crippen LogP contribution is -2.40. The van der Waals surface area contributed by atoms with Gasteiger partial charge in [0.25, 0.3) is 0 Å². The second-order valence-electron chi connectivity index (χ2n) is 7.47. The van der Waals surface area contributed by atoms with E-state index in [1.165, 1.54) is 5.56 Å². The van der Waals surface area contributed by atoms with E-state index in [4.69, 9.17) is 14.2 Å². The molecule has 0 spiro atoms. The van der Waals surface area contributed by atoms with Crippen molar-refractivity contribution in [2.24, 2.45) is 0 Å². The summed E-state index contributed by atoms with van der Waals surface area (Å²) < 4.78 is 16.5. The summed E-state index contributed by atoms with van der Waals surface area (Å²) in [5.74, 6) is 0.664. The Morgan fingerprint density at radius 2 is 1.67 bits per heavy atom. The van der Waals surface area contributed by atoms with Crippen LogP contribution in [0, 0.1) is 0 Å². The van der Waals surface area contributed by atoms with Crippen molar-refractivity contribution in [3.8, 4) is 17.2 Å². The fraction of sp³-hybridized carbons (Fsp3) is 0.364. The summed E-state index contributed by atoms with van der Waals surface area (Å²) in [5.41, 5.74) is 2.71. The van der Waals surface area contributed by atoms with Crippen molar-refractivity contribution < 1.29 is 23.8 Å². The quantitative estimate of drug-likeness (QED) is 0.729. The van der Waals surface area contributed by atoms with Gasteiger partial charge in [-0.3, -0.25) is 9.59 Å². The zero-order chi connectivity index (χ0) is 21.1. The first-order valence-corrected chi connectivity index (χ1v) is 9.92. The van der Waals surface area contributed by atoms with Gasteiger partial charge in [0.1, 0.15) is 19.0 Å². The van der Waals surface area contributed by atoms with E-state index in [0.717, 1.165) is 17.7 Å². The monoisotopic (exact) mass is 411 g/mol. The van der Waals surface area contributed by atoms with Gasteiger partial charge >= 0.3 is 11.8 Å². The van der Waals surface area contributed by atoms with Crippen LogP contribution in [0.2, 0.25) is 0 Å². The first-order chi connectivity index (χ1) is 14.5. The third-order valence-corrected chi connectivity index (χ3v) is 5.18. The van der Waals surface area contributed by atoms with Crippen molar-refractivity contribution >= 4 is 17.5 Å². The van der Waals surface area contributed by atoms with Gasteiger partial charge in [0, 0.05) is 24.7 Å². The van der Waals surface area contributed by atoms with Crippen molar-refractivity contribution in [1.82, 2.24) is 10.2 Å². The standard InChI is InChI=1S/C22H25N3O5/c1-25(2)17(14-3-5-18-15(11-14)7-8-28-18)13-23-21(26)22(27)24-16-4-6-19-20(12-16)30-10-9-29-19/h3-6,11-12,17H,7-10,13H2,1-2H3,(H,23,26)(H,24,27). The highest BCUT2D eigenvalue weighted by Gasteiger charge is 2.22. The van der Waals surface area contributed by atoms with E-state index in [-0.39, 0.29) is 6.04 Å². The zero-order valence-electron chi connectivity index (χ0n) is 17.1. The van der Waals surface area contributed by atoms with E-state index < -0.39 is 11.8 Å². The average molecular weight is 411 g/mol. The number of anilines is 1. The van der Waals surface area contributed by atoms with Crippen LogP contribution in [0.1, 0.15) is 17.2 Å². The molecular weight excluding hydrogens is 386 g/mol. The number of hydrogen-bond donors (Lipinski definition) is 2. The molecule has 1 atom stereocenters. The molecular formula is C22H25N3O5. The van der Waals surface area contributed by atoms with Crippen LogP contribution in [-0.4, -0.2) is 57.2 Å². The molecule has 0 fully saturated rings. The van der Waals surface area contributed by atoms with E-state index in [1.54, 1.807) is 18.2 Å². The number of nitrogens with zero attached hydrogens (tertiary/aromatic N) is 1. The van der Waals surface area contributed by atoms with Gasteiger partial charge in [0.15, 0.2) is 11.5 Å². The lowest BCUT2D eigenvalue weighted by molar-refractivity contribution is -0.136. The van der Waals surface area contributed by atoms with Crippen molar-refractivity contribution in [3.05, 3.63) is 47.5 Å². The molecule has 30 heavy (non-hydrogen) atoms. The molecule has 1 unspecified atom stereocenters. The Balaban J connectivity index is 1.37. The van der Waals surface area contributed by atoms with E-state index >= 15 is 0 Å². The van der Waals surface area contributed by atoms with Crippen LogP contribution in [0.25, 0.3) is 0 Å². The highest BCUT2D eigenvalue weighted by Crippen LogP contribution is 2.32. The fourth-order valence-electron chi connectivity index (χ4n) is 3.59. The first-order valence-electron chi connectivity index (χ1n) is 9.92. The van der Waals surface area contributed by atoms with Crippen LogP contribution in [0.15, 0.2) is 36.4 Å². The highest BCUT2D eigenvalue weighted by atomic mass is 16.6. The number of likely N-dealkylation sites (N-methyl/N-ethyl adjacent to an activating group) is 1. The molecule has 8 heteroatoms. The molecule has 2 aromatic carbocycles. The van der Waals surface area contributed by atoms with Gasteiger partial charge in [-0.15, -0.1) is 0 Å². The number of carbonyl (C=O) groups excluding carboxylic acids is 2. The minimum atomic E-state index is -0.730. The first kappa shape index (κ1) is 20.0. The Morgan fingerprint density at radius 1 is 0.933 bits per heavy atom. The van der Waals surface area contributed by atoms with Crippen molar-refractivity contribution in [3.63, 3.8) is 0 Å². The Bertz CT molecular complexity index is 960. The van der Waals surface area contributed by atoms with Crippen LogP contribution < -0.4 is 24.8 Å². The van der Waals surface area contributed by atoms with Gasteiger partial charge in [-0.2, -0.15) is 0 Å².